The van der Waals surface area contributed by atoms with Crippen LogP contribution >= 0.6 is 0 Å². The normalized spacial score (nSPS) is 38.4. The van der Waals surface area contributed by atoms with Gasteiger partial charge in [-0.2, -0.15) is 0 Å². The summed E-state index contributed by atoms with van der Waals surface area (Å²) in [5.74, 6) is 2.54. The Morgan fingerprint density at radius 1 is 0.875 bits per heavy atom. The van der Waals surface area contributed by atoms with Crippen molar-refractivity contribution in [3.63, 3.8) is 0 Å². The molecule has 1 aromatic rings. The van der Waals surface area contributed by atoms with E-state index < -0.39 is 10.0 Å². The quantitative estimate of drug-likeness (QED) is 0.843. The molecule has 5 aliphatic rings. The maximum Gasteiger partial charge on any atom is 0.260 e. The molecule has 0 unspecified atom stereocenters. The van der Waals surface area contributed by atoms with Gasteiger partial charge in [0.25, 0.3) is 15.9 Å². The summed E-state index contributed by atoms with van der Waals surface area (Å²) >= 11 is 0. The molecule has 4 bridgehead atoms. The lowest BCUT2D eigenvalue weighted by Crippen LogP contribution is -2.71. The van der Waals surface area contributed by atoms with Gasteiger partial charge in [0.05, 0.1) is 10.9 Å². The van der Waals surface area contributed by atoms with Crippen molar-refractivity contribution in [3.8, 4) is 0 Å². The molecule has 0 radical (unpaired) electrons. The number of carbonyl (C=O) groups excluding carboxylic acids is 1. The summed E-state index contributed by atoms with van der Waals surface area (Å²) in [6.45, 7) is -0.0139. The first kappa shape index (κ1) is 14.9. The van der Waals surface area contributed by atoms with E-state index in [4.69, 9.17) is 0 Å². The molecule has 1 aliphatic heterocycles. The van der Waals surface area contributed by atoms with Crippen molar-refractivity contribution in [2.24, 2.45) is 23.7 Å². The van der Waals surface area contributed by atoms with Gasteiger partial charge in [-0.25, -0.2) is 8.42 Å². The third-order valence-corrected chi connectivity index (χ3v) is 8.27. The predicted molar refractivity (Wildman–Crippen MR) is 88.0 cm³/mol. The molecule has 0 spiro atoms. The first-order valence-electron chi connectivity index (χ1n) is 8.94. The summed E-state index contributed by atoms with van der Waals surface area (Å²) in [4.78, 5) is 12.6. The number of hydrazine groups is 1. The molecule has 1 heterocycles. The molecular weight excluding hydrogens is 324 g/mol. The first-order chi connectivity index (χ1) is 11.5. The molecule has 0 N–H and O–H groups in total. The molecule has 4 saturated carbocycles. The van der Waals surface area contributed by atoms with Crippen molar-refractivity contribution in [1.29, 1.82) is 0 Å². The standard InChI is InChI=1S/C18H22N2O3S/c21-17-11-19(24(22,23)16-4-2-1-3-5-16)20(17)18-14-7-12-6-13(9-14)10-15(18)8-12/h1-5,12-15,18H,6-11H2. The average Bonchev–Trinajstić information content (AvgIpc) is 2.56. The number of sulfonamides is 1. The molecule has 6 heteroatoms. The number of nitrogens with zero attached hydrogens (tertiary/aromatic N) is 2. The number of benzene rings is 1. The van der Waals surface area contributed by atoms with Gasteiger partial charge in [0.1, 0.15) is 6.54 Å². The van der Waals surface area contributed by atoms with Gasteiger partial charge in [0, 0.05) is 0 Å². The summed E-state index contributed by atoms with van der Waals surface area (Å²) in [6.07, 6.45) is 6.02. The van der Waals surface area contributed by atoms with Crippen LogP contribution in [0.3, 0.4) is 0 Å². The minimum atomic E-state index is -3.63. The summed E-state index contributed by atoms with van der Waals surface area (Å²) in [5.41, 5.74) is 0. The van der Waals surface area contributed by atoms with Crippen LogP contribution in [0.2, 0.25) is 0 Å². The monoisotopic (exact) mass is 346 g/mol. The molecule has 1 amide bonds. The Balaban J connectivity index is 1.47. The summed E-state index contributed by atoms with van der Waals surface area (Å²) in [6, 6.07) is 8.55. The number of amides is 1. The molecule has 5 nitrogen and oxygen atoms in total. The summed E-state index contributed by atoms with van der Waals surface area (Å²) in [7, 11) is -3.63. The molecule has 5 fully saturated rings. The van der Waals surface area contributed by atoms with Crippen LogP contribution in [0.4, 0.5) is 0 Å². The van der Waals surface area contributed by atoms with Crippen LogP contribution in [0.15, 0.2) is 35.2 Å². The number of rotatable bonds is 3. The average molecular weight is 346 g/mol. The lowest BCUT2D eigenvalue weighted by atomic mass is 9.54. The van der Waals surface area contributed by atoms with Gasteiger partial charge in [-0.15, -0.1) is 0 Å². The Bertz CT molecular complexity index is 749. The Kier molecular flexibility index (Phi) is 3.14. The van der Waals surface area contributed by atoms with E-state index in [1.165, 1.54) is 36.5 Å². The first-order valence-corrected chi connectivity index (χ1v) is 10.4. The number of carbonyl (C=O) groups is 1. The van der Waals surface area contributed by atoms with E-state index in [1.54, 1.807) is 35.3 Å². The fourth-order valence-corrected chi connectivity index (χ4v) is 7.29. The third kappa shape index (κ3) is 2.02. The molecule has 6 rings (SSSR count). The van der Waals surface area contributed by atoms with Crippen molar-refractivity contribution in [1.82, 2.24) is 9.42 Å². The van der Waals surface area contributed by atoms with E-state index in [9.17, 15) is 13.2 Å². The minimum Gasteiger partial charge on any atom is -0.272 e. The lowest BCUT2D eigenvalue weighted by molar-refractivity contribution is -0.189. The fourth-order valence-electron chi connectivity index (χ4n) is 5.84. The smallest absolute Gasteiger partial charge is 0.260 e. The van der Waals surface area contributed by atoms with E-state index in [0.717, 1.165) is 11.8 Å². The van der Waals surface area contributed by atoms with Crippen molar-refractivity contribution in [2.75, 3.05) is 6.54 Å². The Labute approximate surface area is 142 Å². The van der Waals surface area contributed by atoms with Crippen LogP contribution in [0, 0.1) is 23.7 Å². The SMILES string of the molecule is O=C1CN(S(=O)(=O)c2ccccc2)N1C1C2CC3CC(C2)CC1C3. The second-order valence-corrected chi connectivity index (χ2v) is 9.80. The number of hydrogen-bond donors (Lipinski definition) is 0. The van der Waals surface area contributed by atoms with Gasteiger partial charge in [-0.05, 0) is 67.9 Å². The Morgan fingerprint density at radius 2 is 1.46 bits per heavy atom. The highest BCUT2D eigenvalue weighted by molar-refractivity contribution is 7.89. The van der Waals surface area contributed by atoms with Crippen LogP contribution in [0.5, 0.6) is 0 Å². The van der Waals surface area contributed by atoms with Gasteiger partial charge in [0.2, 0.25) is 0 Å². The van der Waals surface area contributed by atoms with Crippen LogP contribution in [-0.4, -0.2) is 36.3 Å². The summed E-state index contributed by atoms with van der Waals surface area (Å²) in [5, 5.41) is 1.61. The maximum atomic E-state index is 12.9. The molecule has 24 heavy (non-hydrogen) atoms. The molecule has 1 saturated heterocycles. The van der Waals surface area contributed by atoms with Crippen LogP contribution in [0.25, 0.3) is 0 Å². The van der Waals surface area contributed by atoms with Crippen molar-refractivity contribution < 1.29 is 13.2 Å². The zero-order chi connectivity index (χ0) is 16.5. The van der Waals surface area contributed by atoms with Crippen molar-refractivity contribution in [2.45, 2.75) is 43.0 Å². The Hall–Kier alpha value is -1.40. The highest BCUT2D eigenvalue weighted by Crippen LogP contribution is 2.56. The van der Waals surface area contributed by atoms with E-state index in [-0.39, 0.29) is 23.4 Å². The lowest BCUT2D eigenvalue weighted by Gasteiger charge is -2.60. The predicted octanol–water partition coefficient (Wildman–Crippen LogP) is 2.26. The van der Waals surface area contributed by atoms with Gasteiger partial charge in [-0.1, -0.05) is 22.6 Å². The van der Waals surface area contributed by atoms with Gasteiger partial charge in [-0.3, -0.25) is 9.80 Å². The molecule has 0 atom stereocenters. The molecule has 1 aromatic carbocycles. The van der Waals surface area contributed by atoms with Crippen molar-refractivity contribution in [3.05, 3.63) is 30.3 Å². The van der Waals surface area contributed by atoms with Gasteiger partial charge >= 0.3 is 0 Å². The van der Waals surface area contributed by atoms with E-state index in [0.29, 0.717) is 11.8 Å². The topological polar surface area (TPSA) is 57.7 Å². The Morgan fingerprint density at radius 3 is 2.00 bits per heavy atom. The van der Waals surface area contributed by atoms with Crippen LogP contribution in [0.1, 0.15) is 32.1 Å². The summed E-state index contributed by atoms with van der Waals surface area (Å²) < 4.78 is 27.2. The third-order valence-electron chi connectivity index (χ3n) is 6.54. The second-order valence-electron chi connectivity index (χ2n) is 7.96. The van der Waals surface area contributed by atoms with E-state index >= 15 is 0 Å². The second kappa shape index (κ2) is 5.05. The van der Waals surface area contributed by atoms with E-state index in [1.807, 2.05) is 0 Å². The maximum absolute atomic E-state index is 12.9. The highest BCUT2D eigenvalue weighted by Gasteiger charge is 2.56. The molecular formula is C18H22N2O3S. The van der Waals surface area contributed by atoms with Gasteiger partial charge in [0.15, 0.2) is 0 Å². The minimum absolute atomic E-state index is 0.0139. The van der Waals surface area contributed by atoms with Gasteiger partial charge < -0.3 is 0 Å². The largest absolute Gasteiger partial charge is 0.272 e. The van der Waals surface area contributed by atoms with Crippen LogP contribution < -0.4 is 0 Å². The molecule has 128 valence electrons. The zero-order valence-corrected chi connectivity index (χ0v) is 14.4. The number of hydrogen-bond acceptors (Lipinski definition) is 3. The molecule has 4 aliphatic carbocycles. The van der Waals surface area contributed by atoms with Crippen molar-refractivity contribution >= 4 is 15.9 Å². The zero-order valence-electron chi connectivity index (χ0n) is 13.5. The fraction of sp³-hybridized carbons (Fsp3) is 0.611. The van der Waals surface area contributed by atoms with Crippen LogP contribution in [-0.2, 0) is 14.8 Å². The van der Waals surface area contributed by atoms with E-state index in [2.05, 4.69) is 0 Å². The molecule has 0 aromatic heterocycles. The highest BCUT2D eigenvalue weighted by atomic mass is 32.2.